The molecule has 1 aliphatic rings. The van der Waals surface area contributed by atoms with Crippen LogP contribution in [0.5, 0.6) is 0 Å². The summed E-state index contributed by atoms with van der Waals surface area (Å²) in [4.78, 5) is 13.8. The van der Waals surface area contributed by atoms with Gasteiger partial charge in [-0.1, -0.05) is 42.5 Å². The molecule has 0 aromatic heterocycles. The van der Waals surface area contributed by atoms with Crippen LogP contribution >= 0.6 is 0 Å². The Balaban J connectivity index is 1.83. The first-order valence-electron chi connectivity index (χ1n) is 5.81. The maximum absolute atomic E-state index is 12.2. The van der Waals surface area contributed by atoms with E-state index in [9.17, 15) is 4.79 Å². The van der Waals surface area contributed by atoms with E-state index in [-0.39, 0.29) is 5.91 Å². The van der Waals surface area contributed by atoms with Crippen LogP contribution in [0.4, 0.5) is 5.69 Å². The van der Waals surface area contributed by atoms with Gasteiger partial charge in [0.1, 0.15) is 0 Å². The van der Waals surface area contributed by atoms with Gasteiger partial charge < -0.3 is 10.2 Å². The lowest BCUT2D eigenvalue weighted by Gasteiger charge is -2.27. The highest BCUT2D eigenvalue weighted by Gasteiger charge is 2.24. The molecule has 2 aromatic rings. The number of nitrogens with zero attached hydrogens (tertiary/aromatic N) is 1. The number of rotatable bonds is 2. The Bertz CT molecular complexity index is 566. The van der Waals surface area contributed by atoms with Gasteiger partial charge in [0.2, 0.25) is 6.67 Å². The Morgan fingerprint density at radius 3 is 2.56 bits per heavy atom. The van der Waals surface area contributed by atoms with Crippen LogP contribution in [0.1, 0.15) is 15.9 Å². The molecule has 1 heterocycles. The number of carbonyl (C=O) groups excluding carboxylic acids is 1. The van der Waals surface area contributed by atoms with Crippen molar-refractivity contribution < 1.29 is 4.79 Å². The molecule has 0 bridgehead atoms. The van der Waals surface area contributed by atoms with Crippen LogP contribution in [0.3, 0.4) is 0 Å². The number of anilines is 1. The second kappa shape index (κ2) is 4.53. The molecular formula is C15H12N2O. The summed E-state index contributed by atoms with van der Waals surface area (Å²) in [6.07, 6.45) is 0. The summed E-state index contributed by atoms with van der Waals surface area (Å²) in [6.45, 7) is 3.44. The zero-order chi connectivity index (χ0) is 12.4. The molecule has 3 rings (SSSR count). The number of benzene rings is 2. The van der Waals surface area contributed by atoms with Gasteiger partial charge in [0, 0.05) is 12.2 Å². The van der Waals surface area contributed by atoms with Gasteiger partial charge in [-0.25, -0.2) is 0 Å². The summed E-state index contributed by atoms with van der Waals surface area (Å²) in [5.74, 6) is -0.0202. The number of hydrogen-bond acceptors (Lipinski definition) is 2. The zero-order valence-electron chi connectivity index (χ0n) is 9.76. The van der Waals surface area contributed by atoms with Crippen LogP contribution in [0.15, 0.2) is 54.6 Å². The second-order valence-electron chi connectivity index (χ2n) is 4.16. The van der Waals surface area contributed by atoms with Crippen molar-refractivity contribution in [2.75, 3.05) is 5.32 Å². The Labute approximate surface area is 106 Å². The smallest absolute Gasteiger partial charge is 0.258 e. The Hall–Kier alpha value is -2.29. The Morgan fingerprint density at radius 2 is 1.72 bits per heavy atom. The molecule has 0 aliphatic carbocycles. The van der Waals surface area contributed by atoms with Crippen molar-refractivity contribution in [1.82, 2.24) is 4.90 Å². The van der Waals surface area contributed by atoms with E-state index in [1.54, 1.807) is 4.90 Å². The third-order valence-electron chi connectivity index (χ3n) is 2.91. The van der Waals surface area contributed by atoms with E-state index < -0.39 is 0 Å². The molecule has 0 saturated heterocycles. The summed E-state index contributed by atoms with van der Waals surface area (Å²) in [7, 11) is 0. The lowest BCUT2D eigenvalue weighted by atomic mass is 10.1. The SMILES string of the molecule is O=C1c2ccccc2N[C]N1Cc1ccccc1. The molecule has 0 saturated carbocycles. The van der Waals surface area contributed by atoms with Gasteiger partial charge in [0.05, 0.1) is 5.56 Å². The van der Waals surface area contributed by atoms with Crippen LogP contribution in [0.25, 0.3) is 0 Å². The van der Waals surface area contributed by atoms with Crippen molar-refractivity contribution in [1.29, 1.82) is 0 Å². The molecule has 88 valence electrons. The number of carbonyl (C=O) groups is 1. The fraction of sp³-hybridized carbons (Fsp3) is 0.0667. The molecule has 0 spiro atoms. The third kappa shape index (κ3) is 1.95. The van der Waals surface area contributed by atoms with Gasteiger partial charge >= 0.3 is 0 Å². The summed E-state index contributed by atoms with van der Waals surface area (Å²) in [5, 5.41) is 3.02. The number of nitrogens with one attached hydrogen (secondary N) is 1. The minimum Gasteiger partial charge on any atom is -0.355 e. The second-order valence-corrected chi connectivity index (χ2v) is 4.16. The average Bonchev–Trinajstić information content (AvgIpc) is 2.43. The van der Waals surface area contributed by atoms with Gasteiger partial charge in [0.15, 0.2) is 0 Å². The summed E-state index contributed by atoms with van der Waals surface area (Å²) < 4.78 is 0. The molecule has 0 unspecified atom stereocenters. The quantitative estimate of drug-likeness (QED) is 0.869. The summed E-state index contributed by atoms with van der Waals surface area (Å²) in [5.41, 5.74) is 2.58. The monoisotopic (exact) mass is 236 g/mol. The van der Waals surface area contributed by atoms with Crippen LogP contribution in [0.2, 0.25) is 0 Å². The minimum atomic E-state index is -0.0202. The van der Waals surface area contributed by atoms with E-state index in [0.29, 0.717) is 12.1 Å². The average molecular weight is 236 g/mol. The standard InChI is InChI=1S/C15H12N2O/c18-15-13-8-4-5-9-14(13)16-11-17(15)10-12-6-2-1-3-7-12/h1-9,16H,10H2. The predicted molar refractivity (Wildman–Crippen MR) is 69.6 cm³/mol. The normalized spacial score (nSPS) is 14.0. The van der Waals surface area contributed by atoms with Gasteiger partial charge in [-0.3, -0.25) is 4.79 Å². The number of amides is 1. The molecule has 1 amide bonds. The van der Waals surface area contributed by atoms with Crippen LogP contribution < -0.4 is 5.32 Å². The highest BCUT2D eigenvalue weighted by Crippen LogP contribution is 2.24. The number of para-hydroxylation sites is 1. The fourth-order valence-corrected chi connectivity index (χ4v) is 1.98. The first-order valence-corrected chi connectivity index (χ1v) is 5.81. The van der Waals surface area contributed by atoms with Crippen LogP contribution in [-0.4, -0.2) is 10.8 Å². The topological polar surface area (TPSA) is 32.3 Å². The van der Waals surface area contributed by atoms with E-state index in [1.165, 1.54) is 0 Å². The van der Waals surface area contributed by atoms with Crippen molar-refractivity contribution in [2.45, 2.75) is 6.54 Å². The summed E-state index contributed by atoms with van der Waals surface area (Å²) in [6, 6.07) is 17.3. The highest BCUT2D eigenvalue weighted by atomic mass is 16.2. The summed E-state index contributed by atoms with van der Waals surface area (Å²) >= 11 is 0. The lowest BCUT2D eigenvalue weighted by Crippen LogP contribution is -2.35. The molecule has 18 heavy (non-hydrogen) atoms. The molecule has 2 aromatic carbocycles. The maximum Gasteiger partial charge on any atom is 0.258 e. The van der Waals surface area contributed by atoms with Gasteiger partial charge in [-0.15, -0.1) is 0 Å². The van der Waals surface area contributed by atoms with E-state index in [0.717, 1.165) is 11.3 Å². The Morgan fingerprint density at radius 1 is 1.00 bits per heavy atom. The zero-order valence-corrected chi connectivity index (χ0v) is 9.76. The van der Waals surface area contributed by atoms with Crippen LogP contribution in [-0.2, 0) is 6.54 Å². The minimum absolute atomic E-state index is 0.0202. The van der Waals surface area contributed by atoms with Gasteiger partial charge in [0.25, 0.3) is 5.91 Å². The van der Waals surface area contributed by atoms with Crippen molar-refractivity contribution in [3.8, 4) is 0 Å². The van der Waals surface area contributed by atoms with Crippen molar-refractivity contribution in [3.63, 3.8) is 0 Å². The number of hydrogen-bond donors (Lipinski definition) is 1. The third-order valence-corrected chi connectivity index (χ3v) is 2.91. The van der Waals surface area contributed by atoms with Crippen molar-refractivity contribution in [2.24, 2.45) is 0 Å². The van der Waals surface area contributed by atoms with Crippen molar-refractivity contribution >= 4 is 11.6 Å². The molecule has 0 fully saturated rings. The van der Waals surface area contributed by atoms with E-state index in [1.807, 2.05) is 54.6 Å². The number of fused-ring (bicyclic) bond motifs is 1. The molecule has 3 nitrogen and oxygen atoms in total. The molecule has 1 N–H and O–H groups in total. The van der Waals surface area contributed by atoms with E-state index >= 15 is 0 Å². The fourth-order valence-electron chi connectivity index (χ4n) is 1.98. The molecular weight excluding hydrogens is 224 g/mol. The van der Waals surface area contributed by atoms with E-state index in [2.05, 4.69) is 12.0 Å². The molecule has 0 atom stereocenters. The molecule has 2 radical (unpaired) electrons. The first kappa shape index (κ1) is 10.8. The predicted octanol–water partition coefficient (Wildman–Crippen LogP) is 2.75. The molecule has 1 aliphatic heterocycles. The van der Waals surface area contributed by atoms with E-state index in [4.69, 9.17) is 0 Å². The van der Waals surface area contributed by atoms with Gasteiger partial charge in [-0.2, -0.15) is 0 Å². The van der Waals surface area contributed by atoms with Gasteiger partial charge in [-0.05, 0) is 17.7 Å². The highest BCUT2D eigenvalue weighted by molar-refractivity contribution is 6.01. The largest absolute Gasteiger partial charge is 0.355 e. The maximum atomic E-state index is 12.2. The van der Waals surface area contributed by atoms with Crippen LogP contribution in [0, 0.1) is 6.67 Å². The first-order chi connectivity index (χ1) is 8.84. The molecule has 3 heteroatoms. The lowest BCUT2D eigenvalue weighted by molar-refractivity contribution is 0.0785. The van der Waals surface area contributed by atoms with Crippen molar-refractivity contribution in [3.05, 3.63) is 72.4 Å². The Kier molecular flexibility index (Phi) is 2.73.